The highest BCUT2D eigenvalue weighted by molar-refractivity contribution is 5.91. The van der Waals surface area contributed by atoms with Gasteiger partial charge in [-0.2, -0.15) is 0 Å². The molecule has 0 bridgehead atoms. The molecule has 0 aromatic rings. The topological polar surface area (TPSA) is 66.8 Å². The minimum absolute atomic E-state index is 0.0786. The van der Waals surface area contributed by atoms with E-state index < -0.39 is 17.8 Å². The third-order valence-corrected chi connectivity index (χ3v) is 4.40. The van der Waals surface area contributed by atoms with E-state index in [0.29, 0.717) is 31.3 Å². The largest absolute Gasteiger partial charge is 0.451 e. The smallest absolute Gasteiger partial charge is 0.334 e. The van der Waals surface area contributed by atoms with Crippen molar-refractivity contribution < 1.29 is 19.7 Å². The Hall–Kier alpha value is -0.870. The van der Waals surface area contributed by atoms with Crippen molar-refractivity contribution in [1.29, 1.82) is 0 Å². The molecule has 0 aromatic carbocycles. The molecule has 4 atom stereocenters. The summed E-state index contributed by atoms with van der Waals surface area (Å²) in [6.45, 7) is 7.76. The van der Waals surface area contributed by atoms with Gasteiger partial charge in [-0.25, -0.2) is 4.79 Å². The van der Waals surface area contributed by atoms with Crippen molar-refractivity contribution in [3.63, 3.8) is 0 Å². The van der Waals surface area contributed by atoms with Crippen LogP contribution in [0.25, 0.3) is 0 Å². The SMILES string of the molecule is CCC1=C[C@](CC)(C[C@@H](CC)[C@@H](O)[C@@H](O)CC)OC1=O. The van der Waals surface area contributed by atoms with Crippen LogP contribution in [0.3, 0.4) is 0 Å². The average Bonchev–Trinajstić information content (AvgIpc) is 2.79. The summed E-state index contributed by atoms with van der Waals surface area (Å²) >= 11 is 0. The van der Waals surface area contributed by atoms with E-state index in [-0.39, 0.29) is 11.9 Å². The Bertz CT molecular complexity index is 363. The molecule has 0 unspecified atom stereocenters. The zero-order valence-corrected chi connectivity index (χ0v) is 13.1. The van der Waals surface area contributed by atoms with Crippen LogP contribution in [-0.4, -0.2) is 34.0 Å². The molecule has 0 fully saturated rings. The molecule has 1 aliphatic rings. The number of aliphatic hydroxyl groups excluding tert-OH is 2. The Balaban J connectivity index is 2.87. The van der Waals surface area contributed by atoms with Crippen molar-refractivity contribution in [2.45, 2.75) is 77.6 Å². The second kappa shape index (κ2) is 7.23. The van der Waals surface area contributed by atoms with Gasteiger partial charge in [-0.3, -0.25) is 0 Å². The summed E-state index contributed by atoms with van der Waals surface area (Å²) in [6, 6.07) is 0. The molecule has 0 radical (unpaired) electrons. The summed E-state index contributed by atoms with van der Waals surface area (Å²) in [7, 11) is 0. The first kappa shape index (κ1) is 17.2. The Morgan fingerprint density at radius 3 is 2.25 bits per heavy atom. The molecule has 20 heavy (non-hydrogen) atoms. The van der Waals surface area contributed by atoms with E-state index in [9.17, 15) is 15.0 Å². The van der Waals surface area contributed by atoms with Crippen LogP contribution in [0.2, 0.25) is 0 Å². The van der Waals surface area contributed by atoms with E-state index in [1.165, 1.54) is 0 Å². The summed E-state index contributed by atoms with van der Waals surface area (Å²) in [4.78, 5) is 11.8. The first-order valence-electron chi connectivity index (χ1n) is 7.74. The number of carbonyl (C=O) groups is 1. The monoisotopic (exact) mass is 284 g/mol. The molecule has 4 heteroatoms. The average molecular weight is 284 g/mol. The molecular formula is C16H28O4. The lowest BCUT2D eigenvalue weighted by molar-refractivity contribution is -0.149. The van der Waals surface area contributed by atoms with Gasteiger partial charge < -0.3 is 14.9 Å². The van der Waals surface area contributed by atoms with Crippen molar-refractivity contribution in [2.75, 3.05) is 0 Å². The predicted molar refractivity (Wildman–Crippen MR) is 78.2 cm³/mol. The van der Waals surface area contributed by atoms with Crippen LogP contribution in [0, 0.1) is 5.92 Å². The molecule has 1 aliphatic heterocycles. The maximum absolute atomic E-state index is 11.8. The van der Waals surface area contributed by atoms with Gasteiger partial charge in [0, 0.05) is 5.57 Å². The van der Waals surface area contributed by atoms with Crippen LogP contribution < -0.4 is 0 Å². The standard InChI is InChI=1S/C16H28O4/c1-5-11(14(18)13(17)7-3)9-16(8-4)10-12(6-2)15(19)20-16/h10-11,13-14,17-18H,5-9H2,1-4H3/t11-,13+,14-,16+/m1/s1. The molecule has 0 aliphatic carbocycles. The van der Waals surface area contributed by atoms with Crippen LogP contribution >= 0.6 is 0 Å². The highest BCUT2D eigenvalue weighted by atomic mass is 16.6. The van der Waals surface area contributed by atoms with Crippen LogP contribution in [0.4, 0.5) is 0 Å². The number of esters is 1. The highest BCUT2D eigenvalue weighted by Gasteiger charge is 2.41. The third-order valence-electron chi connectivity index (χ3n) is 4.40. The molecule has 1 heterocycles. The van der Waals surface area contributed by atoms with Gasteiger partial charge in [-0.05, 0) is 37.7 Å². The number of rotatable bonds is 8. The fourth-order valence-corrected chi connectivity index (χ4v) is 2.83. The first-order chi connectivity index (χ1) is 9.42. The van der Waals surface area contributed by atoms with E-state index in [4.69, 9.17) is 4.74 Å². The quantitative estimate of drug-likeness (QED) is 0.672. The zero-order chi connectivity index (χ0) is 15.3. The molecular weight excluding hydrogens is 256 g/mol. The summed E-state index contributed by atoms with van der Waals surface area (Å²) in [5, 5.41) is 20.1. The first-order valence-corrected chi connectivity index (χ1v) is 7.74. The second-order valence-corrected chi connectivity index (χ2v) is 5.67. The minimum Gasteiger partial charge on any atom is -0.451 e. The van der Waals surface area contributed by atoms with Gasteiger partial charge in [0.2, 0.25) is 0 Å². The van der Waals surface area contributed by atoms with Gasteiger partial charge in [-0.15, -0.1) is 0 Å². The van der Waals surface area contributed by atoms with Gasteiger partial charge in [0.1, 0.15) is 5.60 Å². The van der Waals surface area contributed by atoms with Crippen molar-refractivity contribution in [2.24, 2.45) is 5.92 Å². The lowest BCUT2D eigenvalue weighted by atomic mass is 9.81. The van der Waals surface area contributed by atoms with E-state index in [1.54, 1.807) is 0 Å². The lowest BCUT2D eigenvalue weighted by Crippen LogP contribution is -2.39. The molecule has 2 N–H and O–H groups in total. The Morgan fingerprint density at radius 1 is 1.20 bits per heavy atom. The van der Waals surface area contributed by atoms with Crippen LogP contribution in [-0.2, 0) is 9.53 Å². The molecule has 4 nitrogen and oxygen atoms in total. The van der Waals surface area contributed by atoms with E-state index in [0.717, 1.165) is 6.42 Å². The summed E-state index contributed by atoms with van der Waals surface area (Å²) in [5.74, 6) is -0.320. The highest BCUT2D eigenvalue weighted by Crippen LogP contribution is 2.37. The van der Waals surface area contributed by atoms with Crippen LogP contribution in [0.5, 0.6) is 0 Å². The summed E-state index contributed by atoms with van der Waals surface area (Å²) in [6.07, 6.45) is 3.60. The maximum atomic E-state index is 11.8. The molecule has 0 amide bonds. The Morgan fingerprint density at radius 2 is 1.85 bits per heavy atom. The summed E-state index contributed by atoms with van der Waals surface area (Å²) < 4.78 is 5.57. The molecule has 1 rings (SSSR count). The van der Waals surface area contributed by atoms with Crippen molar-refractivity contribution in [1.82, 2.24) is 0 Å². The van der Waals surface area contributed by atoms with Crippen molar-refractivity contribution >= 4 is 5.97 Å². The van der Waals surface area contributed by atoms with Gasteiger partial charge >= 0.3 is 5.97 Å². The number of cyclic esters (lactones) is 1. The number of hydrogen-bond donors (Lipinski definition) is 2. The molecule has 0 saturated carbocycles. The number of hydrogen-bond acceptors (Lipinski definition) is 4. The van der Waals surface area contributed by atoms with Gasteiger partial charge in [0.05, 0.1) is 12.2 Å². The number of carbonyl (C=O) groups excluding carboxylic acids is 1. The van der Waals surface area contributed by atoms with Crippen LogP contribution in [0.1, 0.15) is 59.8 Å². The Labute approximate surface area is 121 Å². The van der Waals surface area contributed by atoms with E-state index in [1.807, 2.05) is 33.8 Å². The fourth-order valence-electron chi connectivity index (χ4n) is 2.83. The van der Waals surface area contributed by atoms with E-state index in [2.05, 4.69) is 0 Å². The molecule has 0 saturated heterocycles. The molecule has 0 spiro atoms. The fraction of sp³-hybridized carbons (Fsp3) is 0.812. The molecule has 0 aromatic heterocycles. The third kappa shape index (κ3) is 3.61. The van der Waals surface area contributed by atoms with Crippen molar-refractivity contribution in [3.05, 3.63) is 11.6 Å². The van der Waals surface area contributed by atoms with Crippen LogP contribution in [0.15, 0.2) is 11.6 Å². The number of aliphatic hydroxyl groups is 2. The van der Waals surface area contributed by atoms with Crippen molar-refractivity contribution in [3.8, 4) is 0 Å². The number of ether oxygens (including phenoxy) is 1. The zero-order valence-electron chi connectivity index (χ0n) is 13.1. The Kier molecular flexibility index (Phi) is 6.21. The van der Waals surface area contributed by atoms with Gasteiger partial charge in [0.25, 0.3) is 0 Å². The maximum Gasteiger partial charge on any atom is 0.334 e. The second-order valence-electron chi connectivity index (χ2n) is 5.67. The minimum atomic E-state index is -0.772. The predicted octanol–water partition coefficient (Wildman–Crippen LogP) is 2.58. The molecule has 116 valence electrons. The van der Waals surface area contributed by atoms with Gasteiger partial charge in [-0.1, -0.05) is 34.1 Å². The lowest BCUT2D eigenvalue weighted by Gasteiger charge is -2.33. The van der Waals surface area contributed by atoms with E-state index >= 15 is 0 Å². The summed E-state index contributed by atoms with van der Waals surface area (Å²) in [5.41, 5.74) is 0.101. The normalized spacial score (nSPS) is 26.9. The van der Waals surface area contributed by atoms with Gasteiger partial charge in [0.15, 0.2) is 0 Å².